The van der Waals surface area contributed by atoms with E-state index in [0.29, 0.717) is 0 Å². The second kappa shape index (κ2) is 10.6. The van der Waals surface area contributed by atoms with Crippen LogP contribution in [0.1, 0.15) is 43.0 Å². The van der Waals surface area contributed by atoms with Crippen LogP contribution < -0.4 is 0 Å². The van der Waals surface area contributed by atoms with Gasteiger partial charge in [0.1, 0.15) is 5.60 Å². The molecule has 0 aliphatic heterocycles. The normalized spacial score (nSPS) is 13.2. The SMILES string of the molecule is CC(C)(C)c1ccc(C(O)(c2ccc(-c3ccccc3)cc2)c2cc(Br)ccc2-c2ccc(Br)cc2)cc1. The molecule has 190 valence electrons. The molecule has 1 N–H and O–H groups in total. The number of hydrogen-bond acceptors (Lipinski definition) is 1. The average molecular weight is 626 g/mol. The Bertz CT molecular complexity index is 1530. The molecule has 0 heterocycles. The molecule has 0 saturated heterocycles. The van der Waals surface area contributed by atoms with Crippen molar-refractivity contribution < 1.29 is 5.11 Å². The minimum absolute atomic E-state index is 0.0202. The Morgan fingerprint density at radius 2 is 0.974 bits per heavy atom. The summed E-state index contributed by atoms with van der Waals surface area (Å²) in [4.78, 5) is 0. The lowest BCUT2D eigenvalue weighted by atomic mass is 9.76. The molecule has 0 saturated carbocycles. The van der Waals surface area contributed by atoms with Crippen LogP contribution in [-0.2, 0) is 11.0 Å². The molecule has 1 nitrogen and oxygen atoms in total. The molecule has 5 aromatic carbocycles. The van der Waals surface area contributed by atoms with Gasteiger partial charge in [-0.2, -0.15) is 0 Å². The molecule has 0 amide bonds. The second-order valence-corrected chi connectivity index (χ2v) is 12.5. The van der Waals surface area contributed by atoms with Crippen molar-refractivity contribution >= 4 is 31.9 Å². The van der Waals surface area contributed by atoms with Crippen LogP contribution in [0.3, 0.4) is 0 Å². The summed E-state index contributed by atoms with van der Waals surface area (Å²) in [6.07, 6.45) is 0. The molecule has 0 aromatic heterocycles. The van der Waals surface area contributed by atoms with Crippen LogP contribution in [0.15, 0.2) is 130 Å². The van der Waals surface area contributed by atoms with E-state index in [9.17, 15) is 5.11 Å². The predicted octanol–water partition coefficient (Wildman–Crippen LogP) is 10.1. The fourth-order valence-corrected chi connectivity index (χ4v) is 5.55. The minimum Gasteiger partial charge on any atom is -0.376 e. The Labute approximate surface area is 242 Å². The van der Waals surface area contributed by atoms with E-state index in [4.69, 9.17) is 0 Å². The maximum atomic E-state index is 12.9. The van der Waals surface area contributed by atoms with Crippen LogP contribution in [0.2, 0.25) is 0 Å². The highest BCUT2D eigenvalue weighted by Gasteiger charge is 2.36. The molecule has 0 bridgehead atoms. The van der Waals surface area contributed by atoms with E-state index in [-0.39, 0.29) is 5.41 Å². The zero-order chi connectivity index (χ0) is 26.9. The molecule has 0 spiro atoms. The Morgan fingerprint density at radius 1 is 0.500 bits per heavy atom. The Balaban J connectivity index is 1.73. The van der Waals surface area contributed by atoms with Crippen molar-refractivity contribution in [1.29, 1.82) is 0 Å². The van der Waals surface area contributed by atoms with Crippen LogP contribution in [0, 0.1) is 0 Å². The van der Waals surface area contributed by atoms with E-state index < -0.39 is 5.60 Å². The summed E-state index contributed by atoms with van der Waals surface area (Å²) >= 11 is 7.23. The Kier molecular flexibility index (Phi) is 7.46. The first-order chi connectivity index (χ1) is 18.2. The van der Waals surface area contributed by atoms with E-state index in [0.717, 1.165) is 47.9 Å². The lowest BCUT2D eigenvalue weighted by molar-refractivity contribution is 0.126. The number of aliphatic hydroxyl groups is 1. The fourth-order valence-electron chi connectivity index (χ4n) is 4.92. The first-order valence-corrected chi connectivity index (χ1v) is 14.3. The maximum Gasteiger partial charge on any atom is 0.141 e. The minimum atomic E-state index is -1.38. The van der Waals surface area contributed by atoms with Crippen molar-refractivity contribution in [2.24, 2.45) is 0 Å². The van der Waals surface area contributed by atoms with Crippen molar-refractivity contribution in [3.05, 3.63) is 153 Å². The summed E-state index contributed by atoms with van der Waals surface area (Å²) in [5, 5.41) is 12.9. The van der Waals surface area contributed by atoms with Gasteiger partial charge in [0, 0.05) is 14.5 Å². The van der Waals surface area contributed by atoms with Gasteiger partial charge in [-0.1, -0.05) is 150 Å². The van der Waals surface area contributed by atoms with Crippen molar-refractivity contribution in [3.8, 4) is 22.3 Å². The number of halogens is 2. The molecule has 5 aromatic rings. The molecule has 0 radical (unpaired) electrons. The van der Waals surface area contributed by atoms with Crippen LogP contribution in [0.4, 0.5) is 0 Å². The second-order valence-electron chi connectivity index (χ2n) is 10.7. The fraction of sp³-hybridized carbons (Fsp3) is 0.143. The van der Waals surface area contributed by atoms with Crippen molar-refractivity contribution in [3.63, 3.8) is 0 Å². The average Bonchev–Trinajstić information content (AvgIpc) is 2.93. The third-order valence-corrected chi connectivity index (χ3v) is 8.13. The summed E-state index contributed by atoms with van der Waals surface area (Å²) in [7, 11) is 0. The maximum absolute atomic E-state index is 12.9. The highest BCUT2D eigenvalue weighted by molar-refractivity contribution is 9.10. The van der Waals surface area contributed by atoms with Crippen LogP contribution >= 0.6 is 31.9 Å². The molecule has 1 atom stereocenters. The molecule has 3 heteroatoms. The Hall–Kier alpha value is -2.98. The molecule has 1 unspecified atom stereocenters. The molecular formula is C35H30Br2O. The van der Waals surface area contributed by atoms with E-state index in [2.05, 4.69) is 119 Å². The topological polar surface area (TPSA) is 20.2 Å². The molecule has 0 aliphatic rings. The largest absolute Gasteiger partial charge is 0.376 e. The molecule has 0 aliphatic carbocycles. The number of hydrogen-bond donors (Lipinski definition) is 1. The number of rotatable bonds is 5. The van der Waals surface area contributed by atoms with Crippen molar-refractivity contribution in [2.75, 3.05) is 0 Å². The highest BCUT2D eigenvalue weighted by atomic mass is 79.9. The zero-order valence-corrected chi connectivity index (χ0v) is 24.9. The van der Waals surface area contributed by atoms with Crippen molar-refractivity contribution in [1.82, 2.24) is 0 Å². The monoisotopic (exact) mass is 624 g/mol. The van der Waals surface area contributed by atoms with Gasteiger partial charge in [0.25, 0.3) is 0 Å². The van der Waals surface area contributed by atoms with Gasteiger partial charge in [0.2, 0.25) is 0 Å². The third kappa shape index (κ3) is 5.29. The smallest absolute Gasteiger partial charge is 0.141 e. The van der Waals surface area contributed by atoms with Gasteiger partial charge >= 0.3 is 0 Å². The van der Waals surface area contributed by atoms with Crippen LogP contribution in [0.25, 0.3) is 22.3 Å². The molecular weight excluding hydrogens is 596 g/mol. The lowest BCUT2D eigenvalue weighted by Crippen LogP contribution is -2.30. The summed E-state index contributed by atoms with van der Waals surface area (Å²) in [5.41, 5.74) is 6.63. The summed E-state index contributed by atoms with van der Waals surface area (Å²) in [5.74, 6) is 0. The van der Waals surface area contributed by atoms with Gasteiger partial charge in [-0.05, 0) is 68.6 Å². The van der Waals surface area contributed by atoms with Gasteiger partial charge in [0.05, 0.1) is 0 Å². The number of benzene rings is 5. The quantitative estimate of drug-likeness (QED) is 0.193. The summed E-state index contributed by atoms with van der Waals surface area (Å²) in [6, 6.07) is 41.4. The van der Waals surface area contributed by atoms with Gasteiger partial charge in [-0.3, -0.25) is 0 Å². The van der Waals surface area contributed by atoms with Gasteiger partial charge in [-0.15, -0.1) is 0 Å². The first-order valence-electron chi connectivity index (χ1n) is 12.7. The van der Waals surface area contributed by atoms with E-state index >= 15 is 0 Å². The van der Waals surface area contributed by atoms with E-state index in [1.807, 2.05) is 54.6 Å². The lowest BCUT2D eigenvalue weighted by Gasteiger charge is -2.33. The highest BCUT2D eigenvalue weighted by Crippen LogP contribution is 2.43. The first kappa shape index (κ1) is 26.6. The molecule has 5 rings (SSSR count). The summed E-state index contributed by atoms with van der Waals surface area (Å²) < 4.78 is 1.93. The van der Waals surface area contributed by atoms with Gasteiger partial charge in [-0.25, -0.2) is 0 Å². The van der Waals surface area contributed by atoms with Gasteiger partial charge < -0.3 is 5.11 Å². The molecule has 0 fully saturated rings. The van der Waals surface area contributed by atoms with Crippen molar-refractivity contribution in [2.45, 2.75) is 31.8 Å². The predicted molar refractivity (Wildman–Crippen MR) is 166 cm³/mol. The van der Waals surface area contributed by atoms with E-state index in [1.165, 1.54) is 5.56 Å². The third-order valence-electron chi connectivity index (χ3n) is 7.11. The Morgan fingerprint density at radius 3 is 1.55 bits per heavy atom. The van der Waals surface area contributed by atoms with E-state index in [1.54, 1.807) is 0 Å². The standard InChI is InChI=1S/C35H30Br2O/c1-34(2,3)27-15-17-29(18-16-27)35(38,28-13-9-25(10-14-28)24-7-5-4-6-8-24)33-23-31(37)21-22-32(33)26-11-19-30(36)20-12-26/h4-23,38H,1-3H3. The zero-order valence-electron chi connectivity index (χ0n) is 21.8. The summed E-state index contributed by atoms with van der Waals surface area (Å²) in [6.45, 7) is 6.61. The van der Waals surface area contributed by atoms with Crippen LogP contribution in [-0.4, -0.2) is 5.11 Å². The molecule has 38 heavy (non-hydrogen) atoms. The van der Waals surface area contributed by atoms with Crippen LogP contribution in [0.5, 0.6) is 0 Å². The van der Waals surface area contributed by atoms with Gasteiger partial charge in [0.15, 0.2) is 0 Å².